The number of hydrogen-bond acceptors (Lipinski definition) is 7. The van der Waals surface area contributed by atoms with Gasteiger partial charge in [-0.15, -0.1) is 10.2 Å². The molecule has 0 atom stereocenters. The van der Waals surface area contributed by atoms with Crippen molar-refractivity contribution in [3.8, 4) is 17.2 Å². The molecule has 144 valence electrons. The van der Waals surface area contributed by atoms with Gasteiger partial charge >= 0.3 is 11.8 Å². The number of methoxy groups -OCH3 is 1. The minimum atomic E-state index is -0.362. The Bertz CT molecular complexity index is 974. The van der Waals surface area contributed by atoms with Crippen LogP contribution < -0.4 is 4.74 Å². The molecule has 0 spiro atoms. The molecule has 3 heterocycles. The molecule has 0 N–H and O–H groups in total. The molecule has 3 aromatic rings. The number of aromatic nitrogens is 2. The maximum atomic E-state index is 12.7. The smallest absolute Gasteiger partial charge is 0.311 e. The Hall–Kier alpha value is -3.62. The van der Waals surface area contributed by atoms with Gasteiger partial charge in [-0.1, -0.05) is 12.1 Å². The molecule has 4 rings (SSSR count). The number of ether oxygens (including phenoxy) is 1. The summed E-state index contributed by atoms with van der Waals surface area (Å²) >= 11 is 0. The average molecular weight is 382 g/mol. The van der Waals surface area contributed by atoms with Gasteiger partial charge in [-0.3, -0.25) is 9.59 Å². The Balaban J connectivity index is 1.42. The molecule has 1 aliphatic heterocycles. The number of piperazine rings is 1. The van der Waals surface area contributed by atoms with Crippen molar-refractivity contribution >= 4 is 11.8 Å². The number of para-hydroxylation sites is 1. The largest absolute Gasteiger partial charge is 0.496 e. The van der Waals surface area contributed by atoms with Crippen LogP contribution in [0.4, 0.5) is 0 Å². The van der Waals surface area contributed by atoms with E-state index in [0.717, 1.165) is 0 Å². The van der Waals surface area contributed by atoms with Crippen molar-refractivity contribution in [2.75, 3.05) is 33.3 Å². The molecule has 2 aromatic heterocycles. The third kappa shape index (κ3) is 3.34. The molecule has 1 saturated heterocycles. The first-order chi connectivity index (χ1) is 13.7. The number of amides is 2. The fourth-order valence-corrected chi connectivity index (χ4v) is 3.04. The van der Waals surface area contributed by atoms with Crippen LogP contribution in [0.1, 0.15) is 21.2 Å². The quantitative estimate of drug-likeness (QED) is 0.679. The standard InChI is InChI=1S/C19H18N4O5/c1-26-14-6-3-2-5-13(14)16-20-21-17(28-16)19(25)23-10-8-22(9-11-23)18(24)15-7-4-12-27-15/h2-7,12H,8-11H2,1H3. The summed E-state index contributed by atoms with van der Waals surface area (Å²) in [6.45, 7) is 1.55. The first-order valence-electron chi connectivity index (χ1n) is 8.76. The van der Waals surface area contributed by atoms with Gasteiger partial charge in [0.25, 0.3) is 11.8 Å². The Morgan fingerprint density at radius 2 is 1.68 bits per heavy atom. The zero-order valence-electron chi connectivity index (χ0n) is 15.2. The van der Waals surface area contributed by atoms with E-state index in [1.54, 1.807) is 41.2 Å². The summed E-state index contributed by atoms with van der Waals surface area (Å²) in [6.07, 6.45) is 1.46. The van der Waals surface area contributed by atoms with Crippen LogP contribution in [0.2, 0.25) is 0 Å². The van der Waals surface area contributed by atoms with E-state index in [4.69, 9.17) is 13.6 Å². The second-order valence-corrected chi connectivity index (χ2v) is 6.17. The van der Waals surface area contributed by atoms with Gasteiger partial charge in [0, 0.05) is 26.2 Å². The Morgan fingerprint density at radius 3 is 2.36 bits per heavy atom. The lowest BCUT2D eigenvalue weighted by Gasteiger charge is -2.33. The minimum Gasteiger partial charge on any atom is -0.496 e. The molecule has 0 unspecified atom stereocenters. The highest BCUT2D eigenvalue weighted by molar-refractivity contribution is 5.92. The van der Waals surface area contributed by atoms with Crippen molar-refractivity contribution in [2.24, 2.45) is 0 Å². The molecule has 0 saturated carbocycles. The summed E-state index contributed by atoms with van der Waals surface area (Å²) in [7, 11) is 1.55. The van der Waals surface area contributed by atoms with Crippen LogP contribution in [0.15, 0.2) is 51.5 Å². The van der Waals surface area contributed by atoms with E-state index >= 15 is 0 Å². The van der Waals surface area contributed by atoms with E-state index in [9.17, 15) is 9.59 Å². The van der Waals surface area contributed by atoms with Crippen LogP contribution in [0.5, 0.6) is 5.75 Å². The summed E-state index contributed by atoms with van der Waals surface area (Å²) in [5.74, 6) is 0.444. The summed E-state index contributed by atoms with van der Waals surface area (Å²) < 4.78 is 16.0. The van der Waals surface area contributed by atoms with Gasteiger partial charge in [0.05, 0.1) is 18.9 Å². The van der Waals surface area contributed by atoms with Gasteiger partial charge in [0.2, 0.25) is 0 Å². The van der Waals surface area contributed by atoms with Gasteiger partial charge in [-0.25, -0.2) is 0 Å². The molecule has 2 amide bonds. The summed E-state index contributed by atoms with van der Waals surface area (Å²) in [5.41, 5.74) is 0.616. The lowest BCUT2D eigenvalue weighted by molar-refractivity contribution is 0.0498. The lowest BCUT2D eigenvalue weighted by atomic mass is 10.2. The van der Waals surface area contributed by atoms with Gasteiger partial charge in [0.1, 0.15) is 5.75 Å². The zero-order valence-corrected chi connectivity index (χ0v) is 15.2. The van der Waals surface area contributed by atoms with E-state index in [2.05, 4.69) is 10.2 Å². The summed E-state index contributed by atoms with van der Waals surface area (Å²) in [6, 6.07) is 10.5. The predicted molar refractivity (Wildman–Crippen MR) is 96.8 cm³/mol. The SMILES string of the molecule is COc1ccccc1-c1nnc(C(=O)N2CCN(C(=O)c3ccco3)CC2)o1. The third-order valence-corrected chi connectivity index (χ3v) is 4.53. The van der Waals surface area contributed by atoms with Gasteiger partial charge in [0.15, 0.2) is 5.76 Å². The van der Waals surface area contributed by atoms with E-state index in [1.165, 1.54) is 6.26 Å². The molecule has 9 heteroatoms. The Kier molecular flexibility index (Phi) is 4.79. The molecule has 9 nitrogen and oxygen atoms in total. The molecule has 1 aliphatic rings. The van der Waals surface area contributed by atoms with Crippen LogP contribution in [0.3, 0.4) is 0 Å². The first kappa shape index (κ1) is 17.8. The minimum absolute atomic E-state index is 0.0910. The summed E-state index contributed by atoms with van der Waals surface area (Å²) in [5, 5.41) is 7.85. The second-order valence-electron chi connectivity index (χ2n) is 6.17. The topological polar surface area (TPSA) is 102 Å². The maximum Gasteiger partial charge on any atom is 0.311 e. The second kappa shape index (κ2) is 7.55. The van der Waals surface area contributed by atoms with E-state index in [1.807, 2.05) is 12.1 Å². The van der Waals surface area contributed by atoms with Gasteiger partial charge in [-0.05, 0) is 24.3 Å². The van der Waals surface area contributed by atoms with Crippen molar-refractivity contribution in [2.45, 2.75) is 0 Å². The average Bonchev–Trinajstić information content (AvgIpc) is 3.45. The summed E-state index contributed by atoms with van der Waals surface area (Å²) in [4.78, 5) is 28.2. The van der Waals surface area contributed by atoms with Crippen LogP contribution in [0.25, 0.3) is 11.5 Å². The normalized spacial score (nSPS) is 14.2. The van der Waals surface area contributed by atoms with Crippen molar-refractivity contribution in [1.82, 2.24) is 20.0 Å². The lowest BCUT2D eigenvalue weighted by Crippen LogP contribution is -2.50. The molecule has 0 bridgehead atoms. The Morgan fingerprint density at radius 1 is 0.964 bits per heavy atom. The number of nitrogens with zero attached hydrogens (tertiary/aromatic N) is 4. The number of rotatable bonds is 4. The number of benzene rings is 1. The molecule has 1 aromatic carbocycles. The van der Waals surface area contributed by atoms with Crippen molar-refractivity contribution in [3.63, 3.8) is 0 Å². The molecule has 0 radical (unpaired) electrons. The molecular formula is C19H18N4O5. The number of hydrogen-bond donors (Lipinski definition) is 0. The number of carbonyl (C=O) groups excluding carboxylic acids is 2. The van der Waals surface area contributed by atoms with E-state index < -0.39 is 0 Å². The van der Waals surface area contributed by atoms with Crippen LogP contribution in [0, 0.1) is 0 Å². The highest BCUT2D eigenvalue weighted by Gasteiger charge is 2.29. The highest BCUT2D eigenvalue weighted by Crippen LogP contribution is 2.28. The van der Waals surface area contributed by atoms with Gasteiger partial charge in [-0.2, -0.15) is 0 Å². The maximum absolute atomic E-state index is 12.7. The molecule has 28 heavy (non-hydrogen) atoms. The number of carbonyl (C=O) groups is 2. The fourth-order valence-electron chi connectivity index (χ4n) is 3.04. The molecular weight excluding hydrogens is 364 g/mol. The van der Waals surface area contributed by atoms with Crippen molar-refractivity contribution in [1.29, 1.82) is 0 Å². The van der Waals surface area contributed by atoms with Crippen LogP contribution in [-0.2, 0) is 0 Å². The van der Waals surface area contributed by atoms with Crippen LogP contribution >= 0.6 is 0 Å². The predicted octanol–water partition coefficient (Wildman–Crippen LogP) is 1.94. The number of furan rings is 1. The molecule has 1 fully saturated rings. The van der Waals surface area contributed by atoms with Crippen molar-refractivity contribution < 1.29 is 23.2 Å². The zero-order chi connectivity index (χ0) is 19.5. The fraction of sp³-hybridized carbons (Fsp3) is 0.263. The highest BCUT2D eigenvalue weighted by atomic mass is 16.5. The van der Waals surface area contributed by atoms with Crippen molar-refractivity contribution in [3.05, 3.63) is 54.3 Å². The Labute approximate surface area is 160 Å². The van der Waals surface area contributed by atoms with E-state index in [-0.39, 0.29) is 29.4 Å². The van der Waals surface area contributed by atoms with Gasteiger partial charge < -0.3 is 23.4 Å². The monoisotopic (exact) mass is 382 g/mol. The van der Waals surface area contributed by atoms with Crippen LogP contribution in [-0.4, -0.2) is 65.1 Å². The third-order valence-electron chi connectivity index (χ3n) is 4.53. The first-order valence-corrected chi connectivity index (χ1v) is 8.76. The molecule has 0 aliphatic carbocycles. The van der Waals surface area contributed by atoms with E-state index in [0.29, 0.717) is 37.5 Å².